The number of hydrogen-bond donors (Lipinski definition) is 0. The van der Waals surface area contributed by atoms with E-state index in [2.05, 4.69) is 9.80 Å². The Morgan fingerprint density at radius 2 is 1.64 bits per heavy atom. The van der Waals surface area contributed by atoms with Crippen molar-refractivity contribution in [3.8, 4) is 0 Å². The van der Waals surface area contributed by atoms with Crippen molar-refractivity contribution in [2.75, 3.05) is 66.2 Å². The predicted molar refractivity (Wildman–Crippen MR) is 89.2 cm³/mol. The summed E-state index contributed by atoms with van der Waals surface area (Å²) in [6.07, 6.45) is 8.17. The molecule has 0 aromatic heterocycles. The Morgan fingerprint density at radius 3 is 2.27 bits per heavy atom. The number of hydrogen-bond acceptors (Lipinski definition) is 4. The molecule has 128 valence electrons. The normalized spacial score (nSPS) is 28.2. The highest BCUT2D eigenvalue weighted by molar-refractivity contribution is 4.88. The Kier molecular flexibility index (Phi) is 6.14. The minimum absolute atomic E-state index is 0.637. The van der Waals surface area contributed by atoms with Gasteiger partial charge in [0.05, 0.1) is 6.61 Å². The van der Waals surface area contributed by atoms with Crippen LogP contribution in [-0.2, 0) is 9.47 Å². The quantitative estimate of drug-likeness (QED) is 0.777. The highest BCUT2D eigenvalue weighted by Gasteiger charge is 2.36. The maximum absolute atomic E-state index is 5.56. The number of piperidine rings is 2. The zero-order valence-electron chi connectivity index (χ0n) is 14.4. The van der Waals surface area contributed by atoms with Crippen LogP contribution in [0.3, 0.4) is 0 Å². The van der Waals surface area contributed by atoms with E-state index in [4.69, 9.17) is 9.47 Å². The topological polar surface area (TPSA) is 24.9 Å². The molecule has 0 saturated carbocycles. The minimum atomic E-state index is 0.637. The third kappa shape index (κ3) is 4.44. The summed E-state index contributed by atoms with van der Waals surface area (Å²) < 4.78 is 10.7. The van der Waals surface area contributed by atoms with Crippen molar-refractivity contribution < 1.29 is 9.47 Å². The molecule has 3 rings (SSSR count). The Bertz CT molecular complexity index is 313. The van der Waals surface area contributed by atoms with E-state index in [-0.39, 0.29) is 0 Å². The lowest BCUT2D eigenvalue weighted by Crippen LogP contribution is -2.46. The summed E-state index contributed by atoms with van der Waals surface area (Å²) in [6, 6.07) is 0. The number of likely N-dealkylation sites (tertiary alicyclic amines) is 2. The van der Waals surface area contributed by atoms with Crippen molar-refractivity contribution in [2.24, 2.45) is 11.3 Å². The zero-order chi connectivity index (χ0) is 15.3. The van der Waals surface area contributed by atoms with E-state index < -0.39 is 0 Å². The number of rotatable bonds is 5. The van der Waals surface area contributed by atoms with Gasteiger partial charge in [0, 0.05) is 33.4 Å². The van der Waals surface area contributed by atoms with Gasteiger partial charge in [-0.1, -0.05) is 0 Å². The smallest absolute Gasteiger partial charge is 0.0589 e. The monoisotopic (exact) mass is 310 g/mol. The Morgan fingerprint density at radius 1 is 0.955 bits per heavy atom. The van der Waals surface area contributed by atoms with E-state index in [1.807, 2.05) is 0 Å². The van der Waals surface area contributed by atoms with Crippen LogP contribution in [0, 0.1) is 11.3 Å². The molecule has 22 heavy (non-hydrogen) atoms. The predicted octanol–water partition coefficient (Wildman–Crippen LogP) is 2.24. The fourth-order valence-corrected chi connectivity index (χ4v) is 4.49. The summed E-state index contributed by atoms with van der Waals surface area (Å²) in [4.78, 5) is 5.31. The molecular weight excluding hydrogens is 276 g/mol. The minimum Gasteiger partial charge on any atom is -0.383 e. The van der Waals surface area contributed by atoms with Gasteiger partial charge in [0.15, 0.2) is 0 Å². The summed E-state index contributed by atoms with van der Waals surface area (Å²) in [6.45, 7) is 10.5. The molecule has 4 nitrogen and oxygen atoms in total. The third-order valence-corrected chi connectivity index (χ3v) is 6.31. The summed E-state index contributed by atoms with van der Waals surface area (Å²) in [5, 5.41) is 0. The van der Waals surface area contributed by atoms with Crippen molar-refractivity contribution in [2.45, 2.75) is 38.5 Å². The molecule has 0 N–H and O–H groups in total. The molecule has 0 radical (unpaired) electrons. The van der Waals surface area contributed by atoms with Crippen LogP contribution in [0.15, 0.2) is 0 Å². The summed E-state index contributed by atoms with van der Waals surface area (Å²) in [5.74, 6) is 0.919. The van der Waals surface area contributed by atoms with E-state index in [9.17, 15) is 0 Å². The van der Waals surface area contributed by atoms with Gasteiger partial charge in [-0.3, -0.25) is 0 Å². The number of nitrogens with zero attached hydrogens (tertiary/aromatic N) is 2. The first-order chi connectivity index (χ1) is 10.8. The second kappa shape index (κ2) is 8.09. The maximum atomic E-state index is 5.56. The van der Waals surface area contributed by atoms with Crippen LogP contribution in [0.2, 0.25) is 0 Å². The SMILES string of the molecule is COCCN1CCC(CN2CCC3(CCOCC3)CC2)CC1. The third-order valence-electron chi connectivity index (χ3n) is 6.31. The first-order valence-corrected chi connectivity index (χ1v) is 9.31. The largest absolute Gasteiger partial charge is 0.383 e. The van der Waals surface area contributed by atoms with Crippen molar-refractivity contribution in [3.05, 3.63) is 0 Å². The van der Waals surface area contributed by atoms with Crippen LogP contribution < -0.4 is 0 Å². The van der Waals surface area contributed by atoms with Crippen molar-refractivity contribution >= 4 is 0 Å². The highest BCUT2D eigenvalue weighted by atomic mass is 16.5. The van der Waals surface area contributed by atoms with E-state index in [1.165, 1.54) is 71.2 Å². The molecule has 3 aliphatic rings. The molecule has 3 aliphatic heterocycles. The van der Waals surface area contributed by atoms with Crippen LogP contribution in [0.1, 0.15) is 38.5 Å². The van der Waals surface area contributed by atoms with Gasteiger partial charge in [-0.2, -0.15) is 0 Å². The number of ether oxygens (including phenoxy) is 2. The van der Waals surface area contributed by atoms with Crippen LogP contribution in [-0.4, -0.2) is 76.0 Å². The molecule has 0 amide bonds. The second-order valence-electron chi connectivity index (χ2n) is 7.69. The first-order valence-electron chi connectivity index (χ1n) is 9.31. The van der Waals surface area contributed by atoms with Gasteiger partial charge in [0.1, 0.15) is 0 Å². The molecule has 0 unspecified atom stereocenters. The van der Waals surface area contributed by atoms with Gasteiger partial charge in [0.25, 0.3) is 0 Å². The summed E-state index contributed by atoms with van der Waals surface area (Å²) >= 11 is 0. The molecule has 0 aliphatic carbocycles. The lowest BCUT2D eigenvalue weighted by Gasteiger charge is -2.45. The summed E-state index contributed by atoms with van der Waals surface area (Å²) in [5.41, 5.74) is 0.637. The van der Waals surface area contributed by atoms with Gasteiger partial charge in [-0.05, 0) is 76.0 Å². The number of methoxy groups -OCH3 is 1. The average molecular weight is 310 g/mol. The van der Waals surface area contributed by atoms with Crippen LogP contribution in [0.25, 0.3) is 0 Å². The van der Waals surface area contributed by atoms with E-state index in [0.29, 0.717) is 5.41 Å². The highest BCUT2D eigenvalue weighted by Crippen LogP contribution is 2.40. The fourth-order valence-electron chi connectivity index (χ4n) is 4.49. The Hall–Kier alpha value is -0.160. The zero-order valence-corrected chi connectivity index (χ0v) is 14.4. The van der Waals surface area contributed by atoms with E-state index in [0.717, 1.165) is 32.3 Å². The first kappa shape index (κ1) is 16.7. The fraction of sp³-hybridized carbons (Fsp3) is 1.00. The standard InChI is InChI=1S/C18H34N2O2/c1-21-15-12-19-8-2-17(3-9-19)16-20-10-4-18(5-11-20)6-13-22-14-7-18/h17H,2-16H2,1H3. The molecule has 3 fully saturated rings. The lowest BCUT2D eigenvalue weighted by molar-refractivity contribution is -0.0241. The van der Waals surface area contributed by atoms with E-state index in [1.54, 1.807) is 7.11 Å². The van der Waals surface area contributed by atoms with Crippen molar-refractivity contribution in [3.63, 3.8) is 0 Å². The van der Waals surface area contributed by atoms with Crippen molar-refractivity contribution in [1.82, 2.24) is 9.80 Å². The van der Waals surface area contributed by atoms with Crippen LogP contribution in [0.4, 0.5) is 0 Å². The van der Waals surface area contributed by atoms with Gasteiger partial charge in [-0.25, -0.2) is 0 Å². The molecule has 4 heteroatoms. The summed E-state index contributed by atoms with van der Waals surface area (Å²) in [7, 11) is 1.80. The molecule has 3 heterocycles. The average Bonchev–Trinajstić information content (AvgIpc) is 2.57. The molecule has 0 aromatic carbocycles. The Balaban J connectivity index is 1.35. The molecule has 0 bridgehead atoms. The molecular formula is C18H34N2O2. The second-order valence-corrected chi connectivity index (χ2v) is 7.69. The van der Waals surface area contributed by atoms with Gasteiger partial charge >= 0.3 is 0 Å². The molecule has 0 atom stereocenters. The molecule has 1 spiro atoms. The van der Waals surface area contributed by atoms with E-state index >= 15 is 0 Å². The van der Waals surface area contributed by atoms with Gasteiger partial charge in [0.2, 0.25) is 0 Å². The van der Waals surface area contributed by atoms with Crippen LogP contribution >= 0.6 is 0 Å². The Labute approximate surface area is 136 Å². The molecule has 0 aromatic rings. The van der Waals surface area contributed by atoms with Crippen LogP contribution in [0.5, 0.6) is 0 Å². The maximum Gasteiger partial charge on any atom is 0.0589 e. The lowest BCUT2D eigenvalue weighted by atomic mass is 9.72. The van der Waals surface area contributed by atoms with Gasteiger partial charge < -0.3 is 19.3 Å². The van der Waals surface area contributed by atoms with Crippen molar-refractivity contribution in [1.29, 1.82) is 0 Å². The van der Waals surface area contributed by atoms with Gasteiger partial charge in [-0.15, -0.1) is 0 Å². The molecule has 3 saturated heterocycles.